The van der Waals surface area contributed by atoms with E-state index in [1.807, 2.05) is 17.0 Å². The lowest BCUT2D eigenvalue weighted by atomic mass is 9.97. The number of carbonyl (C=O) groups is 1. The molecular formula is C20H31N3O. The van der Waals surface area contributed by atoms with Crippen molar-refractivity contribution < 1.29 is 4.79 Å². The largest absolute Gasteiger partial charge is 0.385 e. The second kappa shape index (κ2) is 10.1. The molecule has 1 heterocycles. The molecule has 1 N–H and O–H groups in total. The molecule has 0 aliphatic heterocycles. The summed E-state index contributed by atoms with van der Waals surface area (Å²) in [5.41, 5.74) is 3.09. The third-order valence-electron chi connectivity index (χ3n) is 4.41. The minimum absolute atomic E-state index is 0.0392. The summed E-state index contributed by atoms with van der Waals surface area (Å²) in [5, 5.41) is 3.44. The average molecular weight is 329 g/mol. The smallest absolute Gasteiger partial charge is 0.272 e. The summed E-state index contributed by atoms with van der Waals surface area (Å²) in [4.78, 5) is 18.8. The van der Waals surface area contributed by atoms with Gasteiger partial charge >= 0.3 is 0 Å². The highest BCUT2D eigenvalue weighted by molar-refractivity contribution is 5.93. The van der Waals surface area contributed by atoms with Gasteiger partial charge in [0.05, 0.1) is 0 Å². The van der Waals surface area contributed by atoms with E-state index in [1.54, 1.807) is 11.8 Å². The van der Waals surface area contributed by atoms with Gasteiger partial charge in [0.15, 0.2) is 0 Å². The molecule has 1 aromatic rings. The van der Waals surface area contributed by atoms with Crippen molar-refractivity contribution in [3.8, 4) is 0 Å². The number of rotatable bonds is 9. The lowest BCUT2D eigenvalue weighted by Gasteiger charge is -2.21. The zero-order valence-electron chi connectivity index (χ0n) is 15.2. The molecule has 0 saturated heterocycles. The highest BCUT2D eigenvalue weighted by Gasteiger charge is 2.15. The second-order valence-corrected chi connectivity index (χ2v) is 6.51. The number of pyridine rings is 1. The van der Waals surface area contributed by atoms with Crippen LogP contribution in [0, 0.1) is 0 Å². The van der Waals surface area contributed by atoms with Crippen molar-refractivity contribution in [2.45, 2.75) is 58.8 Å². The van der Waals surface area contributed by atoms with E-state index in [1.165, 1.54) is 25.7 Å². The van der Waals surface area contributed by atoms with Crippen molar-refractivity contribution in [2.75, 3.05) is 25.0 Å². The van der Waals surface area contributed by atoms with E-state index in [2.05, 4.69) is 30.2 Å². The highest BCUT2D eigenvalue weighted by atomic mass is 16.2. The maximum absolute atomic E-state index is 12.6. The van der Waals surface area contributed by atoms with Crippen LogP contribution in [0.4, 0.5) is 5.69 Å². The number of nitrogens with zero attached hydrogens (tertiary/aromatic N) is 2. The second-order valence-electron chi connectivity index (χ2n) is 6.51. The van der Waals surface area contributed by atoms with E-state index in [9.17, 15) is 4.79 Å². The first-order valence-electron chi connectivity index (χ1n) is 9.41. The molecule has 0 aromatic carbocycles. The minimum Gasteiger partial charge on any atom is -0.385 e. The lowest BCUT2D eigenvalue weighted by molar-refractivity contribution is 0.0749. The van der Waals surface area contributed by atoms with Crippen LogP contribution >= 0.6 is 0 Å². The van der Waals surface area contributed by atoms with Crippen LogP contribution in [0.3, 0.4) is 0 Å². The van der Waals surface area contributed by atoms with Gasteiger partial charge in [-0.1, -0.05) is 25.5 Å². The lowest BCUT2D eigenvalue weighted by Crippen LogP contribution is -2.33. The minimum atomic E-state index is 0.0392. The average Bonchev–Trinajstić information content (AvgIpc) is 2.62. The first-order chi connectivity index (χ1) is 11.7. The number of aromatic nitrogens is 1. The zero-order chi connectivity index (χ0) is 17.2. The molecule has 0 unspecified atom stereocenters. The normalized spacial score (nSPS) is 14.2. The topological polar surface area (TPSA) is 45.2 Å². The van der Waals surface area contributed by atoms with Crippen LogP contribution in [0.1, 0.15) is 69.3 Å². The van der Waals surface area contributed by atoms with Crippen LogP contribution in [-0.2, 0) is 0 Å². The van der Waals surface area contributed by atoms with Crippen molar-refractivity contribution in [1.29, 1.82) is 0 Å². The fourth-order valence-corrected chi connectivity index (χ4v) is 3.17. The number of allylic oxidation sites excluding steroid dienone is 1. The van der Waals surface area contributed by atoms with E-state index < -0.39 is 0 Å². The summed E-state index contributed by atoms with van der Waals surface area (Å²) in [6.07, 6.45) is 12.3. The molecule has 0 spiro atoms. The van der Waals surface area contributed by atoms with Crippen molar-refractivity contribution >= 4 is 11.6 Å². The predicted octanol–water partition coefficient (Wildman–Crippen LogP) is 4.65. The quantitative estimate of drug-likeness (QED) is 0.671. The molecular weight excluding hydrogens is 298 g/mol. The van der Waals surface area contributed by atoms with Gasteiger partial charge in [-0.3, -0.25) is 9.78 Å². The summed E-state index contributed by atoms with van der Waals surface area (Å²) >= 11 is 0. The van der Waals surface area contributed by atoms with E-state index >= 15 is 0 Å². The fourth-order valence-electron chi connectivity index (χ4n) is 3.17. The summed E-state index contributed by atoms with van der Waals surface area (Å²) in [6.45, 7) is 6.69. The van der Waals surface area contributed by atoms with Crippen LogP contribution in [-0.4, -0.2) is 35.4 Å². The molecule has 132 valence electrons. The Morgan fingerprint density at radius 2 is 2.04 bits per heavy atom. The summed E-state index contributed by atoms with van der Waals surface area (Å²) < 4.78 is 0. The van der Waals surface area contributed by atoms with Crippen LogP contribution in [0.5, 0.6) is 0 Å². The molecule has 1 aromatic heterocycles. The van der Waals surface area contributed by atoms with Crippen molar-refractivity contribution in [3.63, 3.8) is 0 Å². The molecule has 0 bridgehead atoms. The Balaban J connectivity index is 1.92. The molecule has 1 aliphatic carbocycles. The van der Waals surface area contributed by atoms with E-state index in [0.29, 0.717) is 5.69 Å². The summed E-state index contributed by atoms with van der Waals surface area (Å²) in [6, 6.07) is 3.83. The molecule has 4 nitrogen and oxygen atoms in total. The zero-order valence-corrected chi connectivity index (χ0v) is 15.2. The van der Waals surface area contributed by atoms with Crippen LogP contribution in [0.2, 0.25) is 0 Å². The third kappa shape index (κ3) is 5.66. The summed E-state index contributed by atoms with van der Waals surface area (Å²) in [7, 11) is 0. The Morgan fingerprint density at radius 1 is 1.25 bits per heavy atom. The maximum Gasteiger partial charge on any atom is 0.272 e. The molecule has 0 fully saturated rings. The molecule has 1 aliphatic rings. The number of amides is 1. The first-order valence-corrected chi connectivity index (χ1v) is 9.41. The fraction of sp³-hybridized carbons (Fsp3) is 0.600. The van der Waals surface area contributed by atoms with Gasteiger partial charge in [0, 0.05) is 31.5 Å². The summed E-state index contributed by atoms with van der Waals surface area (Å²) in [5.74, 6) is 0.0392. The highest BCUT2D eigenvalue weighted by Crippen LogP contribution is 2.20. The standard InChI is InChI=1S/C20H31N3O/c1-3-14-23(15-4-2)20(24)19-16-18(11-13-22-19)21-12-10-17-8-6-5-7-9-17/h8,11,13,16H,3-7,9-10,12,14-15H2,1-2H3,(H,21,22). The number of hydrogen-bond acceptors (Lipinski definition) is 3. The molecule has 4 heteroatoms. The Morgan fingerprint density at radius 3 is 2.71 bits per heavy atom. The van der Waals surface area contributed by atoms with Crippen molar-refractivity contribution in [1.82, 2.24) is 9.88 Å². The number of anilines is 1. The third-order valence-corrected chi connectivity index (χ3v) is 4.41. The Bertz CT molecular complexity index is 548. The molecule has 24 heavy (non-hydrogen) atoms. The van der Waals surface area contributed by atoms with Crippen LogP contribution in [0.25, 0.3) is 0 Å². The molecule has 0 atom stereocenters. The number of nitrogens with one attached hydrogen (secondary N) is 1. The van der Waals surface area contributed by atoms with Gasteiger partial charge in [0.25, 0.3) is 5.91 Å². The van der Waals surface area contributed by atoms with Gasteiger partial charge in [-0.25, -0.2) is 0 Å². The van der Waals surface area contributed by atoms with Crippen LogP contribution in [0.15, 0.2) is 30.0 Å². The van der Waals surface area contributed by atoms with Gasteiger partial charge in [0.2, 0.25) is 0 Å². The Kier molecular flexibility index (Phi) is 7.80. The maximum atomic E-state index is 12.6. The Hall–Kier alpha value is -1.84. The monoisotopic (exact) mass is 329 g/mol. The van der Waals surface area contributed by atoms with Crippen molar-refractivity contribution in [2.24, 2.45) is 0 Å². The van der Waals surface area contributed by atoms with Gasteiger partial charge in [0.1, 0.15) is 5.69 Å². The molecule has 0 saturated carbocycles. The van der Waals surface area contributed by atoms with Gasteiger partial charge < -0.3 is 10.2 Å². The van der Waals surface area contributed by atoms with Crippen molar-refractivity contribution in [3.05, 3.63) is 35.7 Å². The molecule has 0 radical (unpaired) electrons. The SMILES string of the molecule is CCCN(CCC)C(=O)c1cc(NCCC2=CCCCC2)ccn1. The number of carbonyl (C=O) groups excluding carboxylic acids is 1. The van der Waals surface area contributed by atoms with Gasteiger partial charge in [-0.2, -0.15) is 0 Å². The number of hydrogen-bond donors (Lipinski definition) is 1. The van der Waals surface area contributed by atoms with Gasteiger partial charge in [-0.05, 0) is 57.1 Å². The van der Waals surface area contributed by atoms with Crippen LogP contribution < -0.4 is 5.32 Å². The Labute approximate surface area is 146 Å². The predicted molar refractivity (Wildman–Crippen MR) is 100 cm³/mol. The van der Waals surface area contributed by atoms with E-state index in [0.717, 1.165) is 44.6 Å². The van der Waals surface area contributed by atoms with E-state index in [-0.39, 0.29) is 5.91 Å². The molecule has 2 rings (SSSR count). The molecule has 1 amide bonds. The first kappa shape index (κ1) is 18.5. The van der Waals surface area contributed by atoms with Gasteiger partial charge in [-0.15, -0.1) is 0 Å². The van der Waals surface area contributed by atoms with E-state index in [4.69, 9.17) is 0 Å².